The molecule has 13 heavy (non-hydrogen) atoms. The van der Waals surface area contributed by atoms with Gasteiger partial charge in [-0.05, 0) is 43.0 Å². The van der Waals surface area contributed by atoms with Gasteiger partial charge >= 0.3 is 0 Å². The van der Waals surface area contributed by atoms with Crippen molar-refractivity contribution >= 4 is 15.9 Å². The highest BCUT2D eigenvalue weighted by molar-refractivity contribution is 9.10. The lowest BCUT2D eigenvalue weighted by molar-refractivity contribution is 0.512. The quantitative estimate of drug-likeness (QED) is 0.735. The summed E-state index contributed by atoms with van der Waals surface area (Å²) in [5.74, 6) is 0. The van der Waals surface area contributed by atoms with Crippen LogP contribution in [0, 0.1) is 6.92 Å². The average Bonchev–Trinajstić information content (AvgIpc) is 2.02. The van der Waals surface area contributed by atoms with Crippen LogP contribution in [0.1, 0.15) is 23.6 Å². The van der Waals surface area contributed by atoms with Gasteiger partial charge in [0.05, 0.1) is 0 Å². The zero-order valence-electron chi connectivity index (χ0n) is 8.02. The van der Waals surface area contributed by atoms with E-state index in [2.05, 4.69) is 47.2 Å². The summed E-state index contributed by atoms with van der Waals surface area (Å²) in [5, 5.41) is 3.47. The van der Waals surface area contributed by atoms with Gasteiger partial charge < -0.3 is 5.32 Å². The van der Waals surface area contributed by atoms with Gasteiger partial charge in [-0.25, -0.2) is 0 Å². The van der Waals surface area contributed by atoms with E-state index in [1.54, 1.807) is 0 Å². The van der Waals surface area contributed by atoms with Crippen LogP contribution in [0.3, 0.4) is 0 Å². The molecule has 1 aliphatic heterocycles. The van der Waals surface area contributed by atoms with E-state index in [-0.39, 0.29) is 0 Å². The highest BCUT2D eigenvalue weighted by atomic mass is 79.9. The van der Waals surface area contributed by atoms with Crippen LogP contribution in [0.25, 0.3) is 0 Å². The lowest BCUT2D eigenvalue weighted by Gasteiger charge is -2.24. The first kappa shape index (κ1) is 9.22. The van der Waals surface area contributed by atoms with Crippen molar-refractivity contribution in [3.05, 3.63) is 33.3 Å². The zero-order chi connectivity index (χ0) is 9.42. The summed E-state index contributed by atoms with van der Waals surface area (Å²) in [6.07, 6.45) is 1.15. The van der Waals surface area contributed by atoms with E-state index in [1.165, 1.54) is 21.2 Å². The van der Waals surface area contributed by atoms with Gasteiger partial charge in [0.2, 0.25) is 0 Å². The van der Waals surface area contributed by atoms with Crippen molar-refractivity contribution in [3.8, 4) is 0 Å². The van der Waals surface area contributed by atoms with E-state index in [9.17, 15) is 0 Å². The summed E-state index contributed by atoms with van der Waals surface area (Å²) >= 11 is 3.61. The maximum absolute atomic E-state index is 3.61. The third kappa shape index (κ3) is 1.79. The normalized spacial score (nSPS) is 21.3. The van der Waals surface area contributed by atoms with Crippen LogP contribution in [0.5, 0.6) is 0 Å². The van der Waals surface area contributed by atoms with Gasteiger partial charge in [0, 0.05) is 17.1 Å². The topological polar surface area (TPSA) is 12.0 Å². The summed E-state index contributed by atoms with van der Waals surface area (Å²) < 4.78 is 1.25. The lowest BCUT2D eigenvalue weighted by atomic mass is 9.95. The number of halogens is 1. The molecule has 2 rings (SSSR count). The van der Waals surface area contributed by atoms with E-state index < -0.39 is 0 Å². The molecule has 0 aliphatic carbocycles. The molecule has 1 atom stereocenters. The van der Waals surface area contributed by atoms with Crippen molar-refractivity contribution in [3.63, 3.8) is 0 Å². The van der Waals surface area contributed by atoms with Crippen LogP contribution in [0.2, 0.25) is 0 Å². The fourth-order valence-corrected chi connectivity index (χ4v) is 2.66. The number of benzene rings is 1. The third-order valence-corrected chi connectivity index (χ3v) is 3.29. The van der Waals surface area contributed by atoms with Crippen LogP contribution >= 0.6 is 15.9 Å². The number of rotatable bonds is 0. The Labute approximate surface area is 87.7 Å². The second kappa shape index (κ2) is 3.43. The minimum atomic E-state index is 0.612. The Morgan fingerprint density at radius 2 is 2.23 bits per heavy atom. The molecule has 0 saturated heterocycles. The smallest absolute Gasteiger partial charge is 0.0225 e. The Bertz CT molecular complexity index is 333. The molecule has 1 aliphatic rings. The molecule has 0 saturated carbocycles. The molecular weight excluding hydrogens is 226 g/mol. The van der Waals surface area contributed by atoms with Crippen molar-refractivity contribution in [2.45, 2.75) is 32.9 Å². The molecule has 70 valence electrons. The predicted octanol–water partition coefficient (Wildman–Crippen LogP) is 2.79. The van der Waals surface area contributed by atoms with Crippen molar-refractivity contribution < 1.29 is 0 Å². The highest BCUT2D eigenvalue weighted by Gasteiger charge is 2.16. The van der Waals surface area contributed by atoms with E-state index in [1.807, 2.05) is 0 Å². The molecule has 0 radical (unpaired) electrons. The molecule has 0 amide bonds. The van der Waals surface area contributed by atoms with Crippen LogP contribution < -0.4 is 5.32 Å². The molecule has 1 unspecified atom stereocenters. The van der Waals surface area contributed by atoms with Gasteiger partial charge in [0.25, 0.3) is 0 Å². The summed E-state index contributed by atoms with van der Waals surface area (Å²) in [7, 11) is 0. The Kier molecular flexibility index (Phi) is 2.43. The molecule has 1 heterocycles. The van der Waals surface area contributed by atoms with Crippen molar-refractivity contribution in [1.82, 2.24) is 5.32 Å². The van der Waals surface area contributed by atoms with E-state index in [0.29, 0.717) is 6.04 Å². The van der Waals surface area contributed by atoms with E-state index in [4.69, 9.17) is 0 Å². The first-order valence-corrected chi connectivity index (χ1v) is 5.47. The summed E-state index contributed by atoms with van der Waals surface area (Å²) in [4.78, 5) is 0. The van der Waals surface area contributed by atoms with E-state index >= 15 is 0 Å². The van der Waals surface area contributed by atoms with Gasteiger partial charge in [0.1, 0.15) is 0 Å². The standard InChI is InChI=1S/C11H14BrN/c1-7-3-9-5-8(2)13-6-10(9)11(12)4-7/h3-4,8,13H,5-6H2,1-2H3. The average molecular weight is 240 g/mol. The highest BCUT2D eigenvalue weighted by Crippen LogP contribution is 2.26. The fraction of sp³-hybridized carbons (Fsp3) is 0.455. The van der Waals surface area contributed by atoms with Crippen LogP contribution in [0.15, 0.2) is 16.6 Å². The first-order chi connectivity index (χ1) is 6.16. The summed E-state index contributed by atoms with van der Waals surface area (Å²) in [5.41, 5.74) is 4.28. The molecule has 0 fully saturated rings. The van der Waals surface area contributed by atoms with Crippen molar-refractivity contribution in [2.24, 2.45) is 0 Å². The molecule has 1 N–H and O–H groups in total. The maximum Gasteiger partial charge on any atom is 0.0225 e. The van der Waals surface area contributed by atoms with Gasteiger partial charge in [-0.3, -0.25) is 0 Å². The van der Waals surface area contributed by atoms with Crippen molar-refractivity contribution in [2.75, 3.05) is 0 Å². The van der Waals surface area contributed by atoms with Gasteiger partial charge in [-0.1, -0.05) is 22.0 Å². The largest absolute Gasteiger partial charge is 0.310 e. The summed E-state index contributed by atoms with van der Waals surface area (Å²) in [6.45, 7) is 5.38. The number of nitrogens with one attached hydrogen (secondary N) is 1. The Morgan fingerprint density at radius 3 is 3.00 bits per heavy atom. The second-order valence-electron chi connectivity index (χ2n) is 3.87. The molecule has 0 bridgehead atoms. The SMILES string of the molecule is Cc1cc(Br)c2c(c1)CC(C)NC2. The molecule has 0 aromatic heterocycles. The zero-order valence-corrected chi connectivity index (χ0v) is 9.61. The van der Waals surface area contributed by atoms with Crippen LogP contribution in [-0.4, -0.2) is 6.04 Å². The first-order valence-electron chi connectivity index (χ1n) is 4.68. The third-order valence-electron chi connectivity index (χ3n) is 2.59. The number of fused-ring (bicyclic) bond motifs is 1. The molecule has 1 aromatic carbocycles. The number of hydrogen-bond acceptors (Lipinski definition) is 1. The number of hydrogen-bond donors (Lipinski definition) is 1. The monoisotopic (exact) mass is 239 g/mol. The molecule has 1 aromatic rings. The fourth-order valence-electron chi connectivity index (χ4n) is 1.90. The second-order valence-corrected chi connectivity index (χ2v) is 4.72. The van der Waals surface area contributed by atoms with Gasteiger partial charge in [0.15, 0.2) is 0 Å². The van der Waals surface area contributed by atoms with E-state index in [0.717, 1.165) is 13.0 Å². The maximum atomic E-state index is 3.61. The molecule has 2 heteroatoms. The van der Waals surface area contributed by atoms with Crippen molar-refractivity contribution in [1.29, 1.82) is 0 Å². The predicted molar refractivity (Wildman–Crippen MR) is 58.9 cm³/mol. The Hall–Kier alpha value is -0.340. The number of aryl methyl sites for hydroxylation is 1. The van der Waals surface area contributed by atoms with Gasteiger partial charge in [-0.15, -0.1) is 0 Å². The Morgan fingerprint density at radius 1 is 1.46 bits per heavy atom. The molecule has 1 nitrogen and oxygen atoms in total. The molecule has 0 spiro atoms. The lowest BCUT2D eigenvalue weighted by Crippen LogP contribution is -2.33. The Balaban J connectivity index is 2.47. The minimum absolute atomic E-state index is 0.612. The van der Waals surface area contributed by atoms with Crippen LogP contribution in [-0.2, 0) is 13.0 Å². The summed E-state index contributed by atoms with van der Waals surface area (Å²) in [6, 6.07) is 5.11. The molecular formula is C11H14BrN. The minimum Gasteiger partial charge on any atom is -0.310 e. The van der Waals surface area contributed by atoms with Gasteiger partial charge in [-0.2, -0.15) is 0 Å². The van der Waals surface area contributed by atoms with Crippen LogP contribution in [0.4, 0.5) is 0 Å².